The lowest BCUT2D eigenvalue weighted by Crippen LogP contribution is -2.35. The Bertz CT molecular complexity index is 863. The lowest BCUT2D eigenvalue weighted by Gasteiger charge is -2.17. The Kier molecular flexibility index (Phi) is 4.96. The quantitative estimate of drug-likeness (QED) is 0.687. The standard InChI is InChI=1S/C18H15Cl3N2O2/c1-10-9-11(19)5-6-13(10)22-16(24)18(7-8-18)17(25)23-14-4-2-3-12(20)15(14)21/h2-6,9H,7-8H2,1H3,(H,22,24)(H,23,25). The first-order valence-corrected chi connectivity index (χ1v) is 8.80. The molecular formula is C18H15Cl3N2O2. The molecule has 1 aliphatic rings. The number of carbonyl (C=O) groups is 2. The van der Waals surface area contributed by atoms with E-state index < -0.39 is 5.41 Å². The van der Waals surface area contributed by atoms with Gasteiger partial charge >= 0.3 is 0 Å². The minimum absolute atomic E-state index is 0.252. The molecule has 0 aliphatic heterocycles. The third-order valence-corrected chi connectivity index (χ3v) is 5.31. The second-order valence-electron chi connectivity index (χ2n) is 6.05. The van der Waals surface area contributed by atoms with E-state index in [0.717, 1.165) is 5.56 Å². The van der Waals surface area contributed by atoms with E-state index in [-0.39, 0.29) is 16.8 Å². The molecule has 0 atom stereocenters. The highest BCUT2D eigenvalue weighted by atomic mass is 35.5. The minimum Gasteiger partial charge on any atom is -0.325 e. The van der Waals surface area contributed by atoms with Gasteiger partial charge in [-0.2, -0.15) is 0 Å². The number of hydrogen-bond donors (Lipinski definition) is 2. The van der Waals surface area contributed by atoms with Crippen LogP contribution in [0.15, 0.2) is 36.4 Å². The molecule has 1 aliphatic carbocycles. The van der Waals surface area contributed by atoms with Crippen molar-refractivity contribution in [2.24, 2.45) is 5.41 Å². The molecule has 2 N–H and O–H groups in total. The number of hydrogen-bond acceptors (Lipinski definition) is 2. The summed E-state index contributed by atoms with van der Waals surface area (Å²) in [6.07, 6.45) is 0.963. The molecule has 0 aromatic heterocycles. The molecule has 0 bridgehead atoms. The highest BCUT2D eigenvalue weighted by Gasteiger charge is 2.56. The molecule has 2 amide bonds. The van der Waals surface area contributed by atoms with Crippen LogP contribution in [0.2, 0.25) is 15.1 Å². The molecule has 25 heavy (non-hydrogen) atoms. The maximum absolute atomic E-state index is 12.7. The van der Waals surface area contributed by atoms with Gasteiger partial charge in [-0.25, -0.2) is 0 Å². The third kappa shape index (κ3) is 3.61. The van der Waals surface area contributed by atoms with E-state index in [1.165, 1.54) is 0 Å². The van der Waals surface area contributed by atoms with E-state index >= 15 is 0 Å². The average molecular weight is 398 g/mol. The summed E-state index contributed by atoms with van der Waals surface area (Å²) >= 11 is 18.0. The van der Waals surface area contributed by atoms with Gasteiger partial charge in [0, 0.05) is 10.7 Å². The minimum atomic E-state index is -1.09. The van der Waals surface area contributed by atoms with Crippen molar-refractivity contribution in [3.63, 3.8) is 0 Å². The van der Waals surface area contributed by atoms with Gasteiger partial charge in [0.2, 0.25) is 11.8 Å². The Morgan fingerprint density at radius 2 is 1.60 bits per heavy atom. The van der Waals surface area contributed by atoms with Crippen LogP contribution in [-0.2, 0) is 9.59 Å². The fraction of sp³-hybridized carbons (Fsp3) is 0.222. The Morgan fingerprint density at radius 3 is 2.20 bits per heavy atom. The van der Waals surface area contributed by atoms with Crippen LogP contribution in [0.25, 0.3) is 0 Å². The predicted molar refractivity (Wildman–Crippen MR) is 102 cm³/mol. The summed E-state index contributed by atoms with van der Waals surface area (Å²) < 4.78 is 0. The van der Waals surface area contributed by atoms with Crippen LogP contribution in [-0.4, -0.2) is 11.8 Å². The lowest BCUT2D eigenvalue weighted by molar-refractivity contribution is -0.131. The number of halogens is 3. The summed E-state index contributed by atoms with van der Waals surface area (Å²) in [7, 11) is 0. The van der Waals surface area contributed by atoms with Crippen molar-refractivity contribution in [2.45, 2.75) is 19.8 Å². The summed E-state index contributed by atoms with van der Waals surface area (Å²) in [5.74, 6) is -0.727. The first-order chi connectivity index (χ1) is 11.8. The van der Waals surface area contributed by atoms with Gasteiger partial charge in [0.05, 0.1) is 15.7 Å². The zero-order chi connectivity index (χ0) is 18.2. The fourth-order valence-corrected chi connectivity index (χ4v) is 3.11. The fourth-order valence-electron chi connectivity index (χ4n) is 2.53. The second kappa shape index (κ2) is 6.87. The van der Waals surface area contributed by atoms with Crippen LogP contribution in [0, 0.1) is 12.3 Å². The summed E-state index contributed by atoms with van der Waals surface area (Å²) in [6, 6.07) is 10.1. The van der Waals surface area contributed by atoms with Gasteiger partial charge in [0.1, 0.15) is 5.41 Å². The van der Waals surface area contributed by atoms with Gasteiger partial charge < -0.3 is 10.6 Å². The molecule has 0 radical (unpaired) electrons. The maximum Gasteiger partial charge on any atom is 0.240 e. The molecule has 130 valence electrons. The average Bonchev–Trinajstić information content (AvgIpc) is 3.36. The number of anilines is 2. The predicted octanol–water partition coefficient (Wildman–Crippen LogP) is 5.31. The molecule has 7 heteroatoms. The molecule has 0 spiro atoms. The van der Waals surface area contributed by atoms with E-state index in [1.807, 2.05) is 6.92 Å². The maximum atomic E-state index is 12.7. The van der Waals surface area contributed by atoms with E-state index in [1.54, 1.807) is 36.4 Å². The lowest BCUT2D eigenvalue weighted by atomic mass is 10.0. The second-order valence-corrected chi connectivity index (χ2v) is 7.27. The van der Waals surface area contributed by atoms with Crippen molar-refractivity contribution in [1.29, 1.82) is 0 Å². The third-order valence-electron chi connectivity index (χ3n) is 4.26. The first kappa shape index (κ1) is 18.1. The summed E-state index contributed by atoms with van der Waals surface area (Å²) in [6.45, 7) is 1.84. The van der Waals surface area contributed by atoms with E-state index in [2.05, 4.69) is 10.6 Å². The van der Waals surface area contributed by atoms with E-state index in [9.17, 15) is 9.59 Å². The van der Waals surface area contributed by atoms with Gasteiger partial charge in [0.25, 0.3) is 0 Å². The summed E-state index contributed by atoms with van der Waals surface area (Å²) in [5, 5.41) is 6.70. The van der Waals surface area contributed by atoms with Crippen LogP contribution in [0.3, 0.4) is 0 Å². The van der Waals surface area contributed by atoms with Crippen molar-refractivity contribution >= 4 is 58.0 Å². The molecule has 2 aromatic carbocycles. The zero-order valence-corrected chi connectivity index (χ0v) is 15.6. The van der Waals surface area contributed by atoms with Crippen LogP contribution in [0.5, 0.6) is 0 Å². The molecule has 0 unspecified atom stereocenters. The van der Waals surface area contributed by atoms with Crippen LogP contribution in [0.1, 0.15) is 18.4 Å². The van der Waals surface area contributed by atoms with Crippen molar-refractivity contribution in [1.82, 2.24) is 0 Å². The molecule has 3 rings (SSSR count). The van der Waals surface area contributed by atoms with E-state index in [0.29, 0.717) is 34.3 Å². The Hall–Kier alpha value is -1.75. The molecular weight excluding hydrogens is 383 g/mol. The topological polar surface area (TPSA) is 58.2 Å². The van der Waals surface area contributed by atoms with Crippen LogP contribution in [0.4, 0.5) is 11.4 Å². The zero-order valence-electron chi connectivity index (χ0n) is 13.3. The monoisotopic (exact) mass is 396 g/mol. The largest absolute Gasteiger partial charge is 0.325 e. The number of benzene rings is 2. The highest BCUT2D eigenvalue weighted by Crippen LogP contribution is 2.48. The number of rotatable bonds is 4. The molecule has 0 saturated heterocycles. The highest BCUT2D eigenvalue weighted by molar-refractivity contribution is 6.44. The van der Waals surface area contributed by atoms with Crippen LogP contribution >= 0.6 is 34.8 Å². The van der Waals surface area contributed by atoms with E-state index in [4.69, 9.17) is 34.8 Å². The van der Waals surface area contributed by atoms with Gasteiger partial charge in [-0.15, -0.1) is 0 Å². The number of nitrogens with one attached hydrogen (secondary N) is 2. The van der Waals surface area contributed by atoms with Gasteiger partial charge in [0.15, 0.2) is 0 Å². The molecule has 1 saturated carbocycles. The Labute approximate surface area is 160 Å². The van der Waals surface area contributed by atoms with Crippen molar-refractivity contribution in [3.8, 4) is 0 Å². The normalized spacial score (nSPS) is 14.7. The smallest absolute Gasteiger partial charge is 0.240 e. The Balaban J connectivity index is 1.76. The first-order valence-electron chi connectivity index (χ1n) is 7.66. The van der Waals surface area contributed by atoms with Gasteiger partial charge in [-0.05, 0) is 55.7 Å². The molecule has 1 fully saturated rings. The number of aryl methyl sites for hydroxylation is 1. The SMILES string of the molecule is Cc1cc(Cl)ccc1NC(=O)C1(C(=O)Nc2cccc(Cl)c2Cl)CC1. The summed E-state index contributed by atoms with van der Waals surface area (Å²) in [4.78, 5) is 25.3. The van der Waals surface area contributed by atoms with Crippen LogP contribution < -0.4 is 10.6 Å². The van der Waals surface area contributed by atoms with Crippen molar-refractivity contribution in [3.05, 3.63) is 57.0 Å². The van der Waals surface area contributed by atoms with Crippen molar-refractivity contribution in [2.75, 3.05) is 10.6 Å². The van der Waals surface area contributed by atoms with Crippen molar-refractivity contribution < 1.29 is 9.59 Å². The number of carbonyl (C=O) groups excluding carboxylic acids is 2. The van der Waals surface area contributed by atoms with Gasteiger partial charge in [-0.1, -0.05) is 40.9 Å². The summed E-state index contributed by atoms with van der Waals surface area (Å²) in [5.41, 5.74) is 0.766. The van der Waals surface area contributed by atoms with Gasteiger partial charge in [-0.3, -0.25) is 9.59 Å². The molecule has 0 heterocycles. The Morgan fingerprint density at radius 1 is 0.960 bits per heavy atom. The number of amides is 2. The molecule has 2 aromatic rings. The molecule has 4 nitrogen and oxygen atoms in total.